The summed E-state index contributed by atoms with van der Waals surface area (Å²) in [5.41, 5.74) is 0.824. The number of thioether (sulfide) groups is 1. The molecule has 0 spiro atoms. The monoisotopic (exact) mass is 245 g/mol. The first-order valence-electron chi connectivity index (χ1n) is 4.41. The van der Waals surface area contributed by atoms with Crippen molar-refractivity contribution in [2.24, 2.45) is 0 Å². The van der Waals surface area contributed by atoms with E-state index in [-0.39, 0.29) is 5.56 Å². The van der Waals surface area contributed by atoms with Crippen molar-refractivity contribution in [1.29, 1.82) is 0 Å². The summed E-state index contributed by atoms with van der Waals surface area (Å²) in [4.78, 5) is 10.9. The first-order chi connectivity index (χ1) is 7.15. The minimum absolute atomic E-state index is 0.250. The predicted molar refractivity (Wildman–Crippen MR) is 65.3 cm³/mol. The van der Waals surface area contributed by atoms with Crippen molar-refractivity contribution >= 4 is 35.0 Å². The van der Waals surface area contributed by atoms with Crippen molar-refractivity contribution < 1.29 is 9.90 Å². The molecule has 0 aromatic heterocycles. The summed E-state index contributed by atoms with van der Waals surface area (Å²) < 4.78 is 0. The van der Waals surface area contributed by atoms with Gasteiger partial charge in [-0.05, 0) is 24.5 Å². The number of nitrogens with one attached hydrogen (secondary N) is 1. The zero-order valence-electron chi connectivity index (χ0n) is 8.29. The molecule has 0 radical (unpaired) electrons. The number of halogens is 1. The summed E-state index contributed by atoms with van der Waals surface area (Å²) in [6.07, 6.45) is 2.00. The van der Waals surface area contributed by atoms with E-state index in [1.165, 1.54) is 6.07 Å². The lowest BCUT2D eigenvalue weighted by Gasteiger charge is -2.09. The lowest BCUT2D eigenvalue weighted by molar-refractivity contribution is 0.0698. The topological polar surface area (TPSA) is 49.3 Å². The van der Waals surface area contributed by atoms with Gasteiger partial charge in [-0.15, -0.1) is 0 Å². The standard InChI is InChI=1S/C10H12ClNO2S/c1-15-5-4-12-9-6-7(11)2-3-8(9)10(13)14/h2-3,6,12H,4-5H2,1H3,(H,13,14). The molecule has 0 saturated carbocycles. The molecule has 0 aliphatic carbocycles. The molecule has 5 heteroatoms. The van der Waals surface area contributed by atoms with Crippen LogP contribution in [-0.4, -0.2) is 29.6 Å². The van der Waals surface area contributed by atoms with Crippen molar-refractivity contribution in [2.75, 3.05) is 23.9 Å². The lowest BCUT2D eigenvalue weighted by Crippen LogP contribution is -2.08. The van der Waals surface area contributed by atoms with Crippen LogP contribution < -0.4 is 5.32 Å². The van der Waals surface area contributed by atoms with Crippen LogP contribution in [0.1, 0.15) is 10.4 Å². The molecule has 0 atom stereocenters. The summed E-state index contributed by atoms with van der Waals surface area (Å²) >= 11 is 7.49. The molecular weight excluding hydrogens is 234 g/mol. The van der Waals surface area contributed by atoms with E-state index in [9.17, 15) is 4.79 Å². The Morgan fingerprint density at radius 2 is 2.33 bits per heavy atom. The van der Waals surface area contributed by atoms with Crippen LogP contribution in [0.2, 0.25) is 5.02 Å². The Labute approximate surface area is 97.8 Å². The Morgan fingerprint density at radius 1 is 1.60 bits per heavy atom. The van der Waals surface area contributed by atoms with Gasteiger partial charge >= 0.3 is 5.97 Å². The fourth-order valence-corrected chi connectivity index (χ4v) is 1.62. The molecular formula is C10H12ClNO2S. The Kier molecular flexibility index (Phi) is 4.78. The van der Waals surface area contributed by atoms with Gasteiger partial charge in [0.25, 0.3) is 0 Å². The maximum absolute atomic E-state index is 10.9. The quantitative estimate of drug-likeness (QED) is 0.784. The number of carboxylic acid groups (broad SMARTS) is 1. The van der Waals surface area contributed by atoms with Gasteiger partial charge in [0.05, 0.1) is 11.3 Å². The molecule has 82 valence electrons. The second-order valence-electron chi connectivity index (χ2n) is 2.91. The number of carbonyl (C=O) groups is 1. The third-order valence-corrected chi connectivity index (χ3v) is 2.68. The van der Waals surface area contributed by atoms with Crippen molar-refractivity contribution in [3.05, 3.63) is 28.8 Å². The Bertz CT molecular complexity index is 357. The highest BCUT2D eigenvalue weighted by Crippen LogP contribution is 2.21. The smallest absolute Gasteiger partial charge is 0.337 e. The first kappa shape index (κ1) is 12.2. The van der Waals surface area contributed by atoms with Crippen LogP contribution >= 0.6 is 23.4 Å². The van der Waals surface area contributed by atoms with Gasteiger partial charge < -0.3 is 10.4 Å². The van der Waals surface area contributed by atoms with Gasteiger partial charge in [-0.3, -0.25) is 0 Å². The summed E-state index contributed by atoms with van der Waals surface area (Å²) in [5, 5.41) is 12.5. The number of carboxylic acids is 1. The van der Waals surface area contributed by atoms with Crippen LogP contribution in [0, 0.1) is 0 Å². The second kappa shape index (κ2) is 5.88. The van der Waals surface area contributed by atoms with Crippen LogP contribution in [0.5, 0.6) is 0 Å². The molecule has 2 N–H and O–H groups in total. The van der Waals surface area contributed by atoms with E-state index in [0.29, 0.717) is 10.7 Å². The molecule has 1 rings (SSSR count). The van der Waals surface area contributed by atoms with Crippen LogP contribution in [0.25, 0.3) is 0 Å². The maximum atomic E-state index is 10.9. The Morgan fingerprint density at radius 3 is 2.93 bits per heavy atom. The number of benzene rings is 1. The van der Waals surface area contributed by atoms with Crippen LogP contribution in [0.3, 0.4) is 0 Å². The van der Waals surface area contributed by atoms with Gasteiger partial charge in [-0.2, -0.15) is 11.8 Å². The van der Waals surface area contributed by atoms with Crippen molar-refractivity contribution in [1.82, 2.24) is 0 Å². The highest BCUT2D eigenvalue weighted by Gasteiger charge is 2.09. The van der Waals surface area contributed by atoms with Gasteiger partial charge in [0.1, 0.15) is 0 Å². The molecule has 0 fully saturated rings. The highest BCUT2D eigenvalue weighted by atomic mass is 35.5. The Hall–Kier alpha value is -0.870. The maximum Gasteiger partial charge on any atom is 0.337 e. The molecule has 3 nitrogen and oxygen atoms in total. The molecule has 0 aliphatic rings. The highest BCUT2D eigenvalue weighted by molar-refractivity contribution is 7.98. The molecule has 0 bridgehead atoms. The predicted octanol–water partition coefficient (Wildman–Crippen LogP) is 2.81. The molecule has 0 aliphatic heterocycles. The van der Waals surface area contributed by atoms with Gasteiger partial charge in [0.2, 0.25) is 0 Å². The van der Waals surface area contributed by atoms with Gasteiger partial charge in [-0.25, -0.2) is 4.79 Å². The summed E-state index contributed by atoms with van der Waals surface area (Å²) in [5.74, 6) is -0.0238. The van der Waals surface area contributed by atoms with Crippen LogP contribution in [-0.2, 0) is 0 Å². The summed E-state index contributed by atoms with van der Waals surface area (Å²) in [7, 11) is 0. The number of anilines is 1. The zero-order valence-corrected chi connectivity index (χ0v) is 9.86. The molecule has 0 amide bonds. The van der Waals surface area contributed by atoms with E-state index in [4.69, 9.17) is 16.7 Å². The molecule has 1 aromatic carbocycles. The van der Waals surface area contributed by atoms with E-state index < -0.39 is 5.97 Å². The van der Waals surface area contributed by atoms with Gasteiger partial charge in [-0.1, -0.05) is 11.6 Å². The number of aromatic carboxylic acids is 1. The summed E-state index contributed by atoms with van der Waals surface area (Å²) in [6, 6.07) is 4.71. The largest absolute Gasteiger partial charge is 0.478 e. The van der Waals surface area contributed by atoms with E-state index in [1.54, 1.807) is 23.9 Å². The second-order valence-corrected chi connectivity index (χ2v) is 4.34. The van der Waals surface area contributed by atoms with Crippen molar-refractivity contribution in [3.8, 4) is 0 Å². The van der Waals surface area contributed by atoms with E-state index in [0.717, 1.165) is 12.3 Å². The van der Waals surface area contributed by atoms with Crippen molar-refractivity contribution in [2.45, 2.75) is 0 Å². The lowest BCUT2D eigenvalue weighted by atomic mass is 10.2. The molecule has 15 heavy (non-hydrogen) atoms. The normalized spacial score (nSPS) is 10.0. The average Bonchev–Trinajstić information content (AvgIpc) is 2.18. The molecule has 0 saturated heterocycles. The molecule has 0 unspecified atom stereocenters. The Balaban J connectivity index is 2.82. The fourth-order valence-electron chi connectivity index (χ4n) is 1.14. The third kappa shape index (κ3) is 3.64. The van der Waals surface area contributed by atoms with Gasteiger partial charge in [0.15, 0.2) is 0 Å². The fraction of sp³-hybridized carbons (Fsp3) is 0.300. The third-order valence-electron chi connectivity index (χ3n) is 1.83. The minimum Gasteiger partial charge on any atom is -0.478 e. The van der Waals surface area contributed by atoms with Gasteiger partial charge in [0, 0.05) is 17.3 Å². The molecule has 0 heterocycles. The average molecular weight is 246 g/mol. The summed E-state index contributed by atoms with van der Waals surface area (Å²) in [6.45, 7) is 0.724. The number of hydrogen-bond donors (Lipinski definition) is 2. The van der Waals surface area contributed by atoms with Crippen LogP contribution in [0.15, 0.2) is 18.2 Å². The molecule has 1 aromatic rings. The first-order valence-corrected chi connectivity index (χ1v) is 6.18. The SMILES string of the molecule is CSCCNc1cc(Cl)ccc1C(=O)O. The van der Waals surface area contributed by atoms with E-state index >= 15 is 0 Å². The van der Waals surface area contributed by atoms with E-state index in [2.05, 4.69) is 5.32 Å². The van der Waals surface area contributed by atoms with Crippen molar-refractivity contribution in [3.63, 3.8) is 0 Å². The van der Waals surface area contributed by atoms with Crippen LogP contribution in [0.4, 0.5) is 5.69 Å². The number of rotatable bonds is 5. The minimum atomic E-state index is -0.946. The number of hydrogen-bond acceptors (Lipinski definition) is 3. The zero-order chi connectivity index (χ0) is 11.3. The van der Waals surface area contributed by atoms with E-state index in [1.807, 2.05) is 6.26 Å².